The molecule has 0 atom stereocenters. The number of nitrogen functional groups attached to an aromatic ring is 4. The van der Waals surface area contributed by atoms with Gasteiger partial charge in [0.25, 0.3) is 0 Å². The van der Waals surface area contributed by atoms with E-state index in [1.54, 1.807) is 6.07 Å². The van der Waals surface area contributed by atoms with Crippen LogP contribution in [0.15, 0.2) is 36.4 Å². The van der Waals surface area contributed by atoms with Crippen LogP contribution in [-0.2, 0) is 6.42 Å². The van der Waals surface area contributed by atoms with Crippen molar-refractivity contribution in [1.29, 1.82) is 0 Å². The van der Waals surface area contributed by atoms with E-state index in [2.05, 4.69) is 0 Å². The van der Waals surface area contributed by atoms with E-state index in [0.29, 0.717) is 23.5 Å². The number of hydrogen-bond acceptors (Lipinski definition) is 4. The van der Waals surface area contributed by atoms with Crippen molar-refractivity contribution >= 4 is 22.7 Å². The Kier molecular flexibility index (Phi) is 2.78. The highest BCUT2D eigenvalue weighted by atomic mass is 14.7. The molecule has 0 radical (unpaired) electrons. The van der Waals surface area contributed by atoms with E-state index in [0.717, 1.165) is 16.8 Å². The summed E-state index contributed by atoms with van der Waals surface area (Å²) in [6, 6.07) is 11.2. The molecule has 0 fully saturated rings. The molecule has 0 aliphatic carbocycles. The molecule has 0 unspecified atom stereocenters. The van der Waals surface area contributed by atoms with Gasteiger partial charge in [0, 0.05) is 17.8 Å². The lowest BCUT2D eigenvalue weighted by Crippen LogP contribution is -2.04. The fraction of sp³-hybridized carbons (Fsp3) is 0.0769. The minimum absolute atomic E-state index is 0.509. The molecule has 2 rings (SSSR count). The molecule has 8 N–H and O–H groups in total. The van der Waals surface area contributed by atoms with Crippen molar-refractivity contribution in [3.8, 4) is 0 Å². The van der Waals surface area contributed by atoms with E-state index in [1.165, 1.54) is 0 Å². The molecule has 4 heteroatoms. The van der Waals surface area contributed by atoms with Crippen LogP contribution in [0.1, 0.15) is 11.1 Å². The van der Waals surface area contributed by atoms with Crippen LogP contribution in [0.25, 0.3) is 0 Å². The van der Waals surface area contributed by atoms with Crippen molar-refractivity contribution in [2.75, 3.05) is 22.9 Å². The second-order valence-electron chi connectivity index (χ2n) is 4.06. The van der Waals surface area contributed by atoms with Gasteiger partial charge in [0.15, 0.2) is 0 Å². The summed E-state index contributed by atoms with van der Waals surface area (Å²) in [7, 11) is 0. The lowest BCUT2D eigenvalue weighted by molar-refractivity contribution is 1.20. The Hall–Kier alpha value is -2.36. The summed E-state index contributed by atoms with van der Waals surface area (Å²) in [5.41, 5.74) is 27.7. The molecule has 17 heavy (non-hydrogen) atoms. The monoisotopic (exact) mass is 228 g/mol. The third-order valence-electron chi connectivity index (χ3n) is 2.76. The van der Waals surface area contributed by atoms with Gasteiger partial charge in [-0.3, -0.25) is 0 Å². The fourth-order valence-electron chi connectivity index (χ4n) is 1.81. The summed E-state index contributed by atoms with van der Waals surface area (Å²) in [5, 5.41) is 0. The number of rotatable bonds is 2. The first kappa shape index (κ1) is 11.1. The first-order valence-electron chi connectivity index (χ1n) is 5.34. The van der Waals surface area contributed by atoms with Gasteiger partial charge in [-0.1, -0.05) is 18.2 Å². The lowest BCUT2D eigenvalue weighted by atomic mass is 10.0. The van der Waals surface area contributed by atoms with Crippen LogP contribution in [0, 0.1) is 0 Å². The van der Waals surface area contributed by atoms with Gasteiger partial charge in [0.2, 0.25) is 0 Å². The maximum absolute atomic E-state index is 5.93. The predicted molar refractivity (Wildman–Crippen MR) is 73.3 cm³/mol. The van der Waals surface area contributed by atoms with Crippen molar-refractivity contribution in [2.45, 2.75) is 6.42 Å². The van der Waals surface area contributed by atoms with E-state index >= 15 is 0 Å². The van der Waals surface area contributed by atoms with Gasteiger partial charge < -0.3 is 22.9 Å². The summed E-state index contributed by atoms with van der Waals surface area (Å²) in [6.07, 6.45) is 0.633. The second-order valence-corrected chi connectivity index (χ2v) is 4.06. The van der Waals surface area contributed by atoms with E-state index in [9.17, 15) is 0 Å². The Balaban J connectivity index is 2.40. The highest BCUT2D eigenvalue weighted by Gasteiger charge is 2.07. The van der Waals surface area contributed by atoms with Crippen LogP contribution in [0.4, 0.5) is 22.7 Å². The molecule has 0 heterocycles. The molecule has 0 spiro atoms. The highest BCUT2D eigenvalue weighted by Crippen LogP contribution is 2.27. The van der Waals surface area contributed by atoms with Crippen LogP contribution >= 0.6 is 0 Å². The van der Waals surface area contributed by atoms with Crippen molar-refractivity contribution in [2.24, 2.45) is 0 Å². The highest BCUT2D eigenvalue weighted by molar-refractivity contribution is 5.73. The molecule has 2 aromatic rings. The predicted octanol–water partition coefficient (Wildman–Crippen LogP) is 1.61. The average molecular weight is 228 g/mol. The molecule has 2 aromatic carbocycles. The maximum atomic E-state index is 5.93. The van der Waals surface area contributed by atoms with Crippen LogP contribution in [0.3, 0.4) is 0 Å². The smallest absolute Gasteiger partial charge is 0.0585 e. The van der Waals surface area contributed by atoms with Crippen molar-refractivity contribution in [3.05, 3.63) is 47.5 Å². The molecular weight excluding hydrogens is 212 g/mol. The third-order valence-corrected chi connectivity index (χ3v) is 2.76. The lowest BCUT2D eigenvalue weighted by Gasteiger charge is -2.11. The first-order valence-corrected chi connectivity index (χ1v) is 5.34. The average Bonchev–Trinajstić information content (AvgIpc) is 2.28. The number of anilines is 4. The standard InChI is InChI=1S/C13H16N4/c14-10-6-9(13(17)12(16)7-10)5-8-3-1-2-4-11(8)15/h1-4,6-7H,5,14-17H2. The SMILES string of the molecule is Nc1cc(N)c(N)c(Cc2ccccc2N)c1. The molecule has 88 valence electrons. The molecule has 0 amide bonds. The fourth-order valence-corrected chi connectivity index (χ4v) is 1.81. The Labute approximate surface area is 100 Å². The van der Waals surface area contributed by atoms with Crippen LogP contribution in [0.2, 0.25) is 0 Å². The van der Waals surface area contributed by atoms with Crippen molar-refractivity contribution in [1.82, 2.24) is 0 Å². The van der Waals surface area contributed by atoms with Gasteiger partial charge in [-0.2, -0.15) is 0 Å². The molecule has 4 nitrogen and oxygen atoms in total. The van der Waals surface area contributed by atoms with Gasteiger partial charge in [0.1, 0.15) is 0 Å². The normalized spacial score (nSPS) is 10.4. The van der Waals surface area contributed by atoms with Crippen LogP contribution in [-0.4, -0.2) is 0 Å². The molecular formula is C13H16N4. The molecule has 0 saturated carbocycles. The number of nitrogens with two attached hydrogens (primary N) is 4. The van der Waals surface area contributed by atoms with Crippen LogP contribution < -0.4 is 22.9 Å². The zero-order chi connectivity index (χ0) is 12.4. The summed E-state index contributed by atoms with van der Waals surface area (Å²) in [5.74, 6) is 0. The van der Waals surface area contributed by atoms with E-state index in [-0.39, 0.29) is 0 Å². The number of para-hydroxylation sites is 1. The first-order chi connectivity index (χ1) is 8.08. The Morgan fingerprint density at radius 3 is 2.18 bits per heavy atom. The molecule has 0 bridgehead atoms. The number of benzene rings is 2. The Morgan fingerprint density at radius 1 is 0.765 bits per heavy atom. The number of hydrogen-bond donors (Lipinski definition) is 4. The zero-order valence-electron chi connectivity index (χ0n) is 9.48. The summed E-state index contributed by atoms with van der Waals surface area (Å²) in [4.78, 5) is 0. The van der Waals surface area contributed by atoms with Crippen molar-refractivity contribution < 1.29 is 0 Å². The Bertz CT molecular complexity index is 549. The molecule has 0 aromatic heterocycles. The van der Waals surface area contributed by atoms with Gasteiger partial charge in [0.05, 0.1) is 11.4 Å². The Morgan fingerprint density at radius 2 is 1.47 bits per heavy atom. The topological polar surface area (TPSA) is 104 Å². The quantitative estimate of drug-likeness (QED) is 0.586. The van der Waals surface area contributed by atoms with E-state index in [1.807, 2.05) is 30.3 Å². The zero-order valence-corrected chi connectivity index (χ0v) is 9.48. The molecule has 0 saturated heterocycles. The summed E-state index contributed by atoms with van der Waals surface area (Å²) >= 11 is 0. The van der Waals surface area contributed by atoms with E-state index < -0.39 is 0 Å². The van der Waals surface area contributed by atoms with Gasteiger partial charge in [-0.15, -0.1) is 0 Å². The molecule has 0 aliphatic rings. The third kappa shape index (κ3) is 2.25. The van der Waals surface area contributed by atoms with E-state index in [4.69, 9.17) is 22.9 Å². The minimum atomic E-state index is 0.509. The van der Waals surface area contributed by atoms with Gasteiger partial charge >= 0.3 is 0 Å². The maximum Gasteiger partial charge on any atom is 0.0585 e. The second kappa shape index (κ2) is 4.25. The molecule has 0 aliphatic heterocycles. The summed E-state index contributed by atoms with van der Waals surface area (Å²) < 4.78 is 0. The van der Waals surface area contributed by atoms with Gasteiger partial charge in [-0.05, 0) is 29.3 Å². The van der Waals surface area contributed by atoms with Crippen LogP contribution in [0.5, 0.6) is 0 Å². The largest absolute Gasteiger partial charge is 0.399 e. The van der Waals surface area contributed by atoms with Gasteiger partial charge in [-0.25, -0.2) is 0 Å². The van der Waals surface area contributed by atoms with Crippen molar-refractivity contribution in [3.63, 3.8) is 0 Å². The minimum Gasteiger partial charge on any atom is -0.399 e. The summed E-state index contributed by atoms with van der Waals surface area (Å²) in [6.45, 7) is 0.